The summed E-state index contributed by atoms with van der Waals surface area (Å²) in [4.78, 5) is 28.0. The van der Waals surface area contributed by atoms with Gasteiger partial charge < -0.3 is 15.5 Å². The van der Waals surface area contributed by atoms with E-state index in [1.54, 1.807) is 9.80 Å². The van der Waals surface area contributed by atoms with Crippen LogP contribution in [0, 0.1) is 0 Å². The zero-order valence-corrected chi connectivity index (χ0v) is 14.6. The number of nitrogens with zero attached hydrogens (tertiary/aromatic N) is 2. The van der Waals surface area contributed by atoms with Crippen molar-refractivity contribution in [1.82, 2.24) is 15.5 Å². The quantitative estimate of drug-likeness (QED) is 0.861. The summed E-state index contributed by atoms with van der Waals surface area (Å²) in [6, 6.07) is 5.67. The van der Waals surface area contributed by atoms with Gasteiger partial charge >= 0.3 is 12.1 Å². The van der Waals surface area contributed by atoms with Gasteiger partial charge in [-0.1, -0.05) is 11.6 Å². The number of urea groups is 2. The van der Waals surface area contributed by atoms with Crippen LogP contribution in [0.4, 0.5) is 15.3 Å². The molecule has 0 atom stereocenters. The lowest BCUT2D eigenvalue weighted by Gasteiger charge is -2.33. The molecule has 0 radical (unpaired) electrons. The second-order valence-electron chi connectivity index (χ2n) is 6.22. The summed E-state index contributed by atoms with van der Waals surface area (Å²) < 4.78 is 0. The number of benzene rings is 1. The van der Waals surface area contributed by atoms with E-state index in [-0.39, 0.29) is 18.1 Å². The summed E-state index contributed by atoms with van der Waals surface area (Å²) in [6.07, 6.45) is 2.40. The molecular formula is C17H23ClN4O2. The van der Waals surface area contributed by atoms with Crippen molar-refractivity contribution in [3.05, 3.63) is 28.8 Å². The van der Waals surface area contributed by atoms with Crippen LogP contribution in [0.5, 0.6) is 0 Å². The van der Waals surface area contributed by atoms with Crippen LogP contribution in [0.25, 0.3) is 0 Å². The minimum Gasteiger partial charge on any atom is -0.338 e. The third-order valence-corrected chi connectivity index (χ3v) is 4.86. The maximum Gasteiger partial charge on any atom is 0.322 e. The van der Waals surface area contributed by atoms with E-state index in [0.717, 1.165) is 30.5 Å². The van der Waals surface area contributed by atoms with Crippen molar-refractivity contribution in [3.8, 4) is 0 Å². The highest BCUT2D eigenvalue weighted by Gasteiger charge is 2.28. The Morgan fingerprint density at radius 2 is 1.96 bits per heavy atom. The number of carbonyl (C=O) groups excluding carboxylic acids is 2. The van der Waals surface area contributed by atoms with E-state index in [2.05, 4.69) is 10.6 Å². The molecule has 0 aromatic heterocycles. The fraction of sp³-hybridized carbons (Fsp3) is 0.529. The van der Waals surface area contributed by atoms with Gasteiger partial charge in [0.1, 0.15) is 0 Å². The Labute approximate surface area is 147 Å². The molecule has 1 saturated heterocycles. The maximum absolute atomic E-state index is 12.6. The van der Waals surface area contributed by atoms with E-state index in [4.69, 9.17) is 11.6 Å². The number of anilines is 1. The van der Waals surface area contributed by atoms with Crippen LogP contribution < -0.4 is 15.5 Å². The van der Waals surface area contributed by atoms with Gasteiger partial charge in [-0.25, -0.2) is 9.59 Å². The van der Waals surface area contributed by atoms with Crippen LogP contribution in [0.2, 0.25) is 5.02 Å². The average Bonchev–Trinajstić information content (AvgIpc) is 2.98. The third kappa shape index (κ3) is 3.59. The van der Waals surface area contributed by atoms with Gasteiger partial charge in [0.15, 0.2) is 0 Å². The number of fused-ring (bicyclic) bond motifs is 1. The lowest BCUT2D eigenvalue weighted by Crippen LogP contribution is -2.51. The first-order valence-electron chi connectivity index (χ1n) is 8.47. The molecular weight excluding hydrogens is 328 g/mol. The molecule has 0 aliphatic carbocycles. The zero-order chi connectivity index (χ0) is 17.1. The molecule has 0 spiro atoms. The van der Waals surface area contributed by atoms with Crippen molar-refractivity contribution in [3.63, 3.8) is 0 Å². The van der Waals surface area contributed by atoms with Gasteiger partial charge in [-0.3, -0.25) is 4.90 Å². The summed E-state index contributed by atoms with van der Waals surface area (Å²) in [6.45, 7) is 4.56. The number of carbonyl (C=O) groups is 2. The monoisotopic (exact) mass is 350 g/mol. The van der Waals surface area contributed by atoms with Crippen LogP contribution in [0.15, 0.2) is 18.2 Å². The SMILES string of the molecule is CCNC(=O)N1CCC(NC(=O)N2CCc3cc(Cl)ccc32)CC1. The second kappa shape index (κ2) is 7.30. The number of rotatable bonds is 2. The van der Waals surface area contributed by atoms with Gasteiger partial charge in [0.25, 0.3) is 0 Å². The van der Waals surface area contributed by atoms with Crippen LogP contribution in [-0.4, -0.2) is 49.2 Å². The molecule has 1 fully saturated rings. The molecule has 1 aromatic rings. The molecule has 4 amide bonds. The molecule has 0 unspecified atom stereocenters. The number of halogens is 1. The second-order valence-corrected chi connectivity index (χ2v) is 6.66. The molecule has 0 saturated carbocycles. The first-order valence-corrected chi connectivity index (χ1v) is 8.85. The van der Waals surface area contributed by atoms with E-state index < -0.39 is 0 Å². The molecule has 2 aliphatic rings. The highest BCUT2D eigenvalue weighted by atomic mass is 35.5. The maximum atomic E-state index is 12.6. The van der Waals surface area contributed by atoms with Gasteiger partial charge in [-0.05, 0) is 49.9 Å². The lowest BCUT2D eigenvalue weighted by molar-refractivity contribution is 0.177. The number of nitrogens with one attached hydrogen (secondary N) is 2. The fourth-order valence-electron chi connectivity index (χ4n) is 3.32. The van der Waals surface area contributed by atoms with Gasteiger partial charge in [-0.2, -0.15) is 0 Å². The number of hydrogen-bond acceptors (Lipinski definition) is 2. The fourth-order valence-corrected chi connectivity index (χ4v) is 3.52. The van der Waals surface area contributed by atoms with E-state index in [1.807, 2.05) is 25.1 Å². The minimum atomic E-state index is -0.0625. The van der Waals surface area contributed by atoms with Crippen molar-refractivity contribution < 1.29 is 9.59 Å². The van der Waals surface area contributed by atoms with E-state index >= 15 is 0 Å². The first-order chi connectivity index (χ1) is 11.6. The Kier molecular flexibility index (Phi) is 5.14. The molecule has 7 heteroatoms. The Balaban J connectivity index is 1.53. The number of piperidine rings is 1. The van der Waals surface area contributed by atoms with Crippen molar-refractivity contribution in [2.45, 2.75) is 32.2 Å². The molecule has 2 aliphatic heterocycles. The van der Waals surface area contributed by atoms with Crippen LogP contribution in [0.1, 0.15) is 25.3 Å². The zero-order valence-electron chi connectivity index (χ0n) is 13.8. The standard InChI is InChI=1S/C17H23ClN4O2/c1-2-19-16(23)21-8-6-14(7-9-21)20-17(24)22-10-5-12-11-13(18)3-4-15(12)22/h3-4,11,14H,2,5-10H2,1H3,(H,19,23)(H,20,24). The van der Waals surface area contributed by atoms with E-state index in [0.29, 0.717) is 31.2 Å². The summed E-state index contributed by atoms with van der Waals surface area (Å²) in [5.41, 5.74) is 2.06. The van der Waals surface area contributed by atoms with Gasteiger partial charge in [0.2, 0.25) is 0 Å². The number of likely N-dealkylation sites (tertiary alicyclic amines) is 1. The van der Waals surface area contributed by atoms with E-state index in [9.17, 15) is 9.59 Å². The van der Waals surface area contributed by atoms with Crippen molar-refractivity contribution in [1.29, 1.82) is 0 Å². The normalized spacial score (nSPS) is 17.6. The summed E-state index contributed by atoms with van der Waals surface area (Å²) in [5, 5.41) is 6.62. The predicted molar refractivity (Wildman–Crippen MR) is 94.7 cm³/mol. The van der Waals surface area contributed by atoms with Gasteiger partial charge in [0, 0.05) is 42.9 Å². The molecule has 6 nitrogen and oxygen atoms in total. The Bertz CT molecular complexity index is 629. The molecule has 0 bridgehead atoms. The Morgan fingerprint density at radius 1 is 1.21 bits per heavy atom. The highest BCUT2D eigenvalue weighted by Crippen LogP contribution is 2.30. The van der Waals surface area contributed by atoms with E-state index in [1.165, 1.54) is 0 Å². The third-order valence-electron chi connectivity index (χ3n) is 4.62. The van der Waals surface area contributed by atoms with Crippen LogP contribution in [-0.2, 0) is 6.42 Å². The van der Waals surface area contributed by atoms with Crippen molar-refractivity contribution in [2.24, 2.45) is 0 Å². The topological polar surface area (TPSA) is 64.7 Å². The summed E-state index contributed by atoms with van der Waals surface area (Å²) >= 11 is 6.01. The molecule has 2 heterocycles. The summed E-state index contributed by atoms with van der Waals surface area (Å²) in [5.74, 6) is 0. The average molecular weight is 351 g/mol. The number of amides is 4. The highest BCUT2D eigenvalue weighted by molar-refractivity contribution is 6.30. The minimum absolute atomic E-state index is 0.0207. The largest absolute Gasteiger partial charge is 0.338 e. The van der Waals surface area contributed by atoms with Crippen LogP contribution >= 0.6 is 11.6 Å². The predicted octanol–water partition coefficient (Wildman–Crippen LogP) is 2.61. The van der Waals surface area contributed by atoms with Crippen LogP contribution in [0.3, 0.4) is 0 Å². The molecule has 130 valence electrons. The number of hydrogen-bond donors (Lipinski definition) is 2. The summed E-state index contributed by atoms with van der Waals surface area (Å²) in [7, 11) is 0. The molecule has 1 aromatic carbocycles. The molecule has 24 heavy (non-hydrogen) atoms. The molecule has 3 rings (SSSR count). The Hall–Kier alpha value is -1.95. The first kappa shape index (κ1) is 16.9. The Morgan fingerprint density at radius 3 is 2.67 bits per heavy atom. The van der Waals surface area contributed by atoms with Gasteiger partial charge in [-0.15, -0.1) is 0 Å². The van der Waals surface area contributed by atoms with Gasteiger partial charge in [0.05, 0.1) is 0 Å². The van der Waals surface area contributed by atoms with Crippen molar-refractivity contribution >= 4 is 29.4 Å². The lowest BCUT2D eigenvalue weighted by atomic mass is 10.1. The smallest absolute Gasteiger partial charge is 0.322 e. The van der Waals surface area contributed by atoms with Crippen molar-refractivity contribution in [2.75, 3.05) is 31.1 Å². The molecule has 2 N–H and O–H groups in total.